The van der Waals surface area contributed by atoms with E-state index in [0.717, 1.165) is 18.2 Å². The first kappa shape index (κ1) is 12.8. The largest absolute Gasteiger partial charge is 0.465 e. The Balaban J connectivity index is 3.42. The average molecular weight is 223 g/mol. The van der Waals surface area contributed by atoms with Gasteiger partial charge in [-0.15, -0.1) is 0 Å². The number of rotatable bonds is 7. The van der Waals surface area contributed by atoms with Crippen molar-refractivity contribution in [3.05, 3.63) is 0 Å². The Kier molecular flexibility index (Phi) is 8.27. The zero-order chi connectivity index (χ0) is 10.1. The van der Waals surface area contributed by atoms with E-state index in [1.165, 1.54) is 0 Å². The molecule has 0 aliphatic carbocycles. The Bertz CT molecular complexity index is 166. The molecule has 6 heteroatoms. The molecule has 1 N–H and O–H groups in total. The Morgan fingerprint density at radius 1 is 1.77 bits per heavy atom. The van der Waals surface area contributed by atoms with Crippen LogP contribution < -0.4 is 4.72 Å². The quantitative estimate of drug-likeness (QED) is 0.281. The summed E-state index contributed by atoms with van der Waals surface area (Å²) in [6, 6.07) is -0.317. The minimum atomic E-state index is -0.317. The molecule has 0 spiro atoms. The Labute approximate surface area is 87.3 Å². The van der Waals surface area contributed by atoms with Crippen LogP contribution in [0.3, 0.4) is 0 Å². The van der Waals surface area contributed by atoms with Gasteiger partial charge in [0.25, 0.3) is 0 Å². The van der Waals surface area contributed by atoms with Gasteiger partial charge >= 0.3 is 5.97 Å². The van der Waals surface area contributed by atoms with Gasteiger partial charge in [0, 0.05) is 5.75 Å². The number of carbonyl (C=O) groups is 2. The fourth-order valence-corrected chi connectivity index (χ4v) is 1.46. The summed E-state index contributed by atoms with van der Waals surface area (Å²) in [5, 5.41) is 0. The third kappa shape index (κ3) is 6.92. The van der Waals surface area contributed by atoms with Crippen molar-refractivity contribution in [2.75, 3.05) is 18.1 Å². The highest BCUT2D eigenvalue weighted by Crippen LogP contribution is 1.97. The van der Waals surface area contributed by atoms with E-state index >= 15 is 0 Å². The second-order valence-electron chi connectivity index (χ2n) is 2.14. The Hall–Kier alpha value is -0.200. The van der Waals surface area contributed by atoms with E-state index in [9.17, 15) is 9.59 Å². The number of thiol groups is 1. The summed E-state index contributed by atoms with van der Waals surface area (Å²) >= 11 is 5.09. The normalized spacial score (nSPS) is 12.2. The van der Waals surface area contributed by atoms with E-state index < -0.39 is 0 Å². The summed E-state index contributed by atoms with van der Waals surface area (Å²) in [7, 11) is 0. The van der Waals surface area contributed by atoms with Gasteiger partial charge in [-0.05, 0) is 6.92 Å². The molecular weight excluding hydrogens is 210 g/mol. The van der Waals surface area contributed by atoms with Crippen molar-refractivity contribution in [3.63, 3.8) is 0 Å². The SMILES string of the molecule is CCOC(=O)CSN[C@@H](C=O)CS. The molecule has 0 amide bonds. The second-order valence-corrected chi connectivity index (χ2v) is 3.31. The van der Waals surface area contributed by atoms with Gasteiger partial charge in [-0.25, -0.2) is 0 Å². The first-order valence-corrected chi connectivity index (χ1v) is 5.45. The van der Waals surface area contributed by atoms with Crippen molar-refractivity contribution in [3.8, 4) is 0 Å². The summed E-state index contributed by atoms with van der Waals surface area (Å²) in [4.78, 5) is 21.1. The van der Waals surface area contributed by atoms with Crippen LogP contribution in [0.15, 0.2) is 0 Å². The van der Waals surface area contributed by atoms with Crippen molar-refractivity contribution >= 4 is 36.8 Å². The van der Waals surface area contributed by atoms with Gasteiger partial charge in [-0.3, -0.25) is 9.52 Å². The van der Waals surface area contributed by atoms with E-state index in [1.807, 2.05) is 0 Å². The smallest absolute Gasteiger partial charge is 0.317 e. The standard InChI is InChI=1S/C7H13NO3S2/c1-2-11-7(10)5-13-8-6(3-9)4-12/h3,6,8,12H,2,4-5H2,1H3/t6-/m0/s1. The minimum Gasteiger partial charge on any atom is -0.465 e. The molecule has 0 saturated carbocycles. The van der Waals surface area contributed by atoms with Crippen molar-refractivity contribution < 1.29 is 14.3 Å². The van der Waals surface area contributed by atoms with Gasteiger partial charge in [0.15, 0.2) is 0 Å². The molecule has 0 aliphatic rings. The van der Waals surface area contributed by atoms with Crippen molar-refractivity contribution in [1.82, 2.24) is 4.72 Å². The van der Waals surface area contributed by atoms with Crippen LogP contribution in [-0.2, 0) is 14.3 Å². The van der Waals surface area contributed by atoms with Crippen LogP contribution >= 0.6 is 24.6 Å². The van der Waals surface area contributed by atoms with Crippen molar-refractivity contribution in [1.29, 1.82) is 0 Å². The molecule has 13 heavy (non-hydrogen) atoms. The molecule has 0 saturated heterocycles. The van der Waals surface area contributed by atoms with Gasteiger partial charge in [-0.2, -0.15) is 12.6 Å². The lowest BCUT2D eigenvalue weighted by molar-refractivity contribution is -0.139. The van der Waals surface area contributed by atoms with Crippen molar-refractivity contribution in [2.45, 2.75) is 13.0 Å². The molecule has 4 nitrogen and oxygen atoms in total. The van der Waals surface area contributed by atoms with Gasteiger partial charge in [-0.1, -0.05) is 11.9 Å². The second kappa shape index (κ2) is 8.40. The number of hydrogen-bond donors (Lipinski definition) is 2. The van der Waals surface area contributed by atoms with Crippen LogP contribution in [0, 0.1) is 0 Å². The molecule has 0 fully saturated rings. The maximum absolute atomic E-state index is 10.8. The van der Waals surface area contributed by atoms with E-state index in [-0.39, 0.29) is 17.8 Å². The first-order valence-electron chi connectivity index (χ1n) is 3.83. The monoisotopic (exact) mass is 223 g/mol. The molecular formula is C7H13NO3S2. The van der Waals surface area contributed by atoms with E-state index in [1.54, 1.807) is 6.92 Å². The molecule has 0 rings (SSSR count). The molecule has 0 aromatic carbocycles. The summed E-state index contributed by atoms with van der Waals surface area (Å²) in [6.45, 7) is 2.13. The summed E-state index contributed by atoms with van der Waals surface area (Å²) in [6.07, 6.45) is 0.755. The molecule has 0 bridgehead atoms. The van der Waals surface area contributed by atoms with E-state index in [0.29, 0.717) is 12.4 Å². The number of aldehydes is 1. The maximum Gasteiger partial charge on any atom is 0.317 e. The van der Waals surface area contributed by atoms with Crippen LogP contribution in [0.25, 0.3) is 0 Å². The fraction of sp³-hybridized carbons (Fsp3) is 0.714. The van der Waals surface area contributed by atoms with Crippen LogP contribution in [0.1, 0.15) is 6.92 Å². The first-order chi connectivity index (χ1) is 6.24. The van der Waals surface area contributed by atoms with Crippen LogP contribution in [0.4, 0.5) is 0 Å². The van der Waals surface area contributed by atoms with Crippen molar-refractivity contribution in [2.24, 2.45) is 0 Å². The summed E-state index contributed by atoms with van der Waals surface area (Å²) < 4.78 is 7.46. The molecule has 1 atom stereocenters. The van der Waals surface area contributed by atoms with Gasteiger partial charge in [0.2, 0.25) is 0 Å². The zero-order valence-electron chi connectivity index (χ0n) is 7.36. The van der Waals surface area contributed by atoms with Gasteiger partial charge in [0.05, 0.1) is 12.6 Å². The zero-order valence-corrected chi connectivity index (χ0v) is 9.07. The highest BCUT2D eigenvalue weighted by Gasteiger charge is 2.06. The number of esters is 1. The van der Waals surface area contributed by atoms with Gasteiger partial charge in [0.1, 0.15) is 12.0 Å². The minimum absolute atomic E-state index is 0.200. The Morgan fingerprint density at radius 3 is 2.92 bits per heavy atom. The molecule has 76 valence electrons. The molecule has 0 aromatic rings. The fourth-order valence-electron chi connectivity index (χ4n) is 0.518. The number of ether oxygens (including phenoxy) is 1. The average Bonchev–Trinajstić information content (AvgIpc) is 2.13. The predicted molar refractivity (Wildman–Crippen MR) is 55.9 cm³/mol. The van der Waals surface area contributed by atoms with E-state index in [2.05, 4.69) is 22.1 Å². The lowest BCUT2D eigenvalue weighted by atomic mass is 10.4. The third-order valence-electron chi connectivity index (χ3n) is 1.09. The third-order valence-corrected chi connectivity index (χ3v) is 2.33. The number of carbonyl (C=O) groups excluding carboxylic acids is 2. The molecule has 0 aliphatic heterocycles. The highest BCUT2D eigenvalue weighted by molar-refractivity contribution is 7.98. The number of nitrogens with one attached hydrogen (secondary N) is 1. The predicted octanol–water partition coefficient (Wildman–Crippen LogP) is 0.285. The molecule has 0 radical (unpaired) electrons. The topological polar surface area (TPSA) is 55.4 Å². The lowest BCUT2D eigenvalue weighted by Gasteiger charge is -2.07. The number of hydrogen-bond acceptors (Lipinski definition) is 6. The van der Waals surface area contributed by atoms with Gasteiger partial charge < -0.3 is 9.53 Å². The van der Waals surface area contributed by atoms with Crippen LogP contribution in [0.2, 0.25) is 0 Å². The Morgan fingerprint density at radius 2 is 2.46 bits per heavy atom. The van der Waals surface area contributed by atoms with E-state index in [4.69, 9.17) is 0 Å². The summed E-state index contributed by atoms with van der Waals surface area (Å²) in [5.74, 6) is 0.328. The highest BCUT2D eigenvalue weighted by atomic mass is 32.2. The molecule has 0 unspecified atom stereocenters. The molecule has 0 aromatic heterocycles. The lowest BCUT2D eigenvalue weighted by Crippen LogP contribution is -2.27. The van der Waals surface area contributed by atoms with Crippen LogP contribution in [0.5, 0.6) is 0 Å². The molecule has 0 heterocycles. The summed E-state index contributed by atoms with van der Waals surface area (Å²) in [5.41, 5.74) is 0. The maximum atomic E-state index is 10.8. The van der Waals surface area contributed by atoms with Crippen LogP contribution in [-0.4, -0.2) is 36.4 Å².